The van der Waals surface area contributed by atoms with Gasteiger partial charge >= 0.3 is 0 Å². The fourth-order valence-electron chi connectivity index (χ4n) is 3.07. The van der Waals surface area contributed by atoms with Crippen LogP contribution in [0.25, 0.3) is 0 Å². The summed E-state index contributed by atoms with van der Waals surface area (Å²) < 4.78 is 65.6. The van der Waals surface area contributed by atoms with Crippen molar-refractivity contribution in [2.75, 3.05) is 159 Å². The van der Waals surface area contributed by atoms with E-state index >= 15 is 0 Å². The zero-order valence-corrected chi connectivity index (χ0v) is 27.6. The van der Waals surface area contributed by atoms with E-state index in [1.807, 2.05) is 0 Å². The van der Waals surface area contributed by atoms with Gasteiger partial charge in [0, 0.05) is 13.2 Å². The summed E-state index contributed by atoms with van der Waals surface area (Å²) in [4.78, 5) is 0. The zero-order chi connectivity index (χ0) is 31.2. The standard InChI is InChI=1S/C31H64O12/c1-4-6-7-32-8-9-33-10-11-34-12-13-35-14-15-36-16-17-37-18-19-38-20-21-39-22-23-40-24-25-41-26-27-42-28-29-43-30-31(3)5-2/h31H,4-30H2,1-3H3. The molecule has 1 atom stereocenters. The van der Waals surface area contributed by atoms with Crippen molar-refractivity contribution in [2.24, 2.45) is 5.92 Å². The minimum absolute atomic E-state index is 0.521. The number of hydrogen-bond acceptors (Lipinski definition) is 12. The summed E-state index contributed by atoms with van der Waals surface area (Å²) in [6, 6.07) is 0. The van der Waals surface area contributed by atoms with Crippen molar-refractivity contribution in [3.8, 4) is 0 Å². The van der Waals surface area contributed by atoms with E-state index in [1.165, 1.54) is 0 Å². The van der Waals surface area contributed by atoms with E-state index in [0.717, 1.165) is 32.5 Å². The molecule has 0 aliphatic heterocycles. The molecule has 1 unspecified atom stereocenters. The third-order valence-corrected chi connectivity index (χ3v) is 5.83. The third kappa shape index (κ3) is 39.5. The van der Waals surface area contributed by atoms with Gasteiger partial charge in [-0.25, -0.2) is 0 Å². The van der Waals surface area contributed by atoms with Crippen LogP contribution in [0.2, 0.25) is 0 Å². The lowest BCUT2D eigenvalue weighted by Crippen LogP contribution is -2.15. The van der Waals surface area contributed by atoms with E-state index in [2.05, 4.69) is 20.8 Å². The molecular formula is C31H64O12. The Kier molecular flexibility index (Phi) is 39.1. The van der Waals surface area contributed by atoms with Crippen LogP contribution < -0.4 is 0 Å². The Hall–Kier alpha value is -0.480. The summed E-state index contributed by atoms with van der Waals surface area (Å²) in [5.41, 5.74) is 0. The molecule has 0 amide bonds. The first-order chi connectivity index (χ1) is 21.3. The molecule has 0 radical (unpaired) electrons. The van der Waals surface area contributed by atoms with Crippen LogP contribution >= 0.6 is 0 Å². The predicted molar refractivity (Wildman–Crippen MR) is 164 cm³/mol. The Balaban J connectivity index is 3.04. The highest BCUT2D eigenvalue weighted by Gasteiger charge is 1.99. The molecule has 0 heterocycles. The molecule has 12 heteroatoms. The van der Waals surface area contributed by atoms with Gasteiger partial charge < -0.3 is 56.8 Å². The average Bonchev–Trinajstić information content (AvgIpc) is 3.02. The van der Waals surface area contributed by atoms with Gasteiger partial charge in [-0.1, -0.05) is 33.6 Å². The Morgan fingerprint density at radius 1 is 0.302 bits per heavy atom. The van der Waals surface area contributed by atoms with Crippen molar-refractivity contribution in [1.82, 2.24) is 0 Å². The van der Waals surface area contributed by atoms with E-state index in [0.29, 0.717) is 151 Å². The lowest BCUT2D eigenvalue weighted by molar-refractivity contribution is -0.0286. The maximum atomic E-state index is 5.53. The summed E-state index contributed by atoms with van der Waals surface area (Å²) in [5, 5.41) is 0. The van der Waals surface area contributed by atoms with Gasteiger partial charge in [0.15, 0.2) is 0 Å². The Labute approximate surface area is 261 Å². The molecule has 0 N–H and O–H groups in total. The van der Waals surface area contributed by atoms with Crippen molar-refractivity contribution in [1.29, 1.82) is 0 Å². The summed E-state index contributed by atoms with van der Waals surface area (Å²) in [7, 11) is 0. The van der Waals surface area contributed by atoms with E-state index in [-0.39, 0.29) is 0 Å². The molecule has 260 valence electrons. The van der Waals surface area contributed by atoms with Crippen LogP contribution in [0.5, 0.6) is 0 Å². The molecule has 43 heavy (non-hydrogen) atoms. The van der Waals surface area contributed by atoms with Crippen LogP contribution in [0, 0.1) is 5.92 Å². The molecule has 0 aromatic rings. The lowest BCUT2D eigenvalue weighted by Gasteiger charge is -2.10. The molecule has 0 saturated heterocycles. The average molecular weight is 629 g/mol. The summed E-state index contributed by atoms with van der Waals surface area (Å²) in [5.74, 6) is 0.599. The molecule has 0 saturated carbocycles. The summed E-state index contributed by atoms with van der Waals surface area (Å²) >= 11 is 0. The predicted octanol–water partition coefficient (Wildman–Crippen LogP) is 3.03. The third-order valence-electron chi connectivity index (χ3n) is 5.83. The Morgan fingerprint density at radius 2 is 0.512 bits per heavy atom. The second-order valence-electron chi connectivity index (χ2n) is 9.68. The molecule has 0 spiro atoms. The smallest absolute Gasteiger partial charge is 0.0701 e. The molecular weight excluding hydrogens is 564 g/mol. The molecule has 0 aromatic heterocycles. The Bertz CT molecular complexity index is 490. The van der Waals surface area contributed by atoms with Gasteiger partial charge in [-0.2, -0.15) is 0 Å². The summed E-state index contributed by atoms with van der Waals surface area (Å²) in [6.45, 7) is 20.2. The SMILES string of the molecule is CCCCOCCOCCOCCOCCOCCOCCOCCOCCOCCOCCOCCOCC(C)CC. The zero-order valence-electron chi connectivity index (χ0n) is 27.6. The van der Waals surface area contributed by atoms with E-state index in [9.17, 15) is 0 Å². The quantitative estimate of drug-likeness (QED) is 0.0934. The van der Waals surface area contributed by atoms with Crippen LogP contribution in [0.15, 0.2) is 0 Å². The lowest BCUT2D eigenvalue weighted by atomic mass is 10.1. The van der Waals surface area contributed by atoms with Crippen molar-refractivity contribution in [3.05, 3.63) is 0 Å². The minimum atomic E-state index is 0.521. The highest BCUT2D eigenvalue weighted by molar-refractivity contribution is 4.46. The van der Waals surface area contributed by atoms with Crippen LogP contribution in [0.1, 0.15) is 40.0 Å². The van der Waals surface area contributed by atoms with Crippen molar-refractivity contribution in [3.63, 3.8) is 0 Å². The molecule has 12 nitrogen and oxygen atoms in total. The first kappa shape index (κ1) is 42.5. The van der Waals surface area contributed by atoms with Gasteiger partial charge in [-0.15, -0.1) is 0 Å². The normalized spacial score (nSPS) is 12.3. The van der Waals surface area contributed by atoms with Crippen LogP contribution in [-0.2, 0) is 56.8 Å². The molecule has 0 rings (SSSR count). The summed E-state index contributed by atoms with van der Waals surface area (Å²) in [6.07, 6.45) is 3.38. The van der Waals surface area contributed by atoms with Gasteiger partial charge in [0.05, 0.1) is 145 Å². The van der Waals surface area contributed by atoms with Crippen molar-refractivity contribution in [2.45, 2.75) is 40.0 Å². The van der Waals surface area contributed by atoms with E-state index in [1.54, 1.807) is 0 Å². The van der Waals surface area contributed by atoms with Crippen molar-refractivity contribution < 1.29 is 56.8 Å². The van der Waals surface area contributed by atoms with Gasteiger partial charge in [-0.3, -0.25) is 0 Å². The second kappa shape index (κ2) is 39.5. The molecule has 0 bridgehead atoms. The van der Waals surface area contributed by atoms with Crippen LogP contribution in [-0.4, -0.2) is 159 Å². The maximum Gasteiger partial charge on any atom is 0.0701 e. The maximum absolute atomic E-state index is 5.53. The van der Waals surface area contributed by atoms with Gasteiger partial charge in [0.1, 0.15) is 0 Å². The highest BCUT2D eigenvalue weighted by atomic mass is 16.6. The molecule has 0 aromatic carbocycles. The fourth-order valence-corrected chi connectivity index (χ4v) is 3.07. The molecule has 0 aliphatic carbocycles. The monoisotopic (exact) mass is 628 g/mol. The number of unbranched alkanes of at least 4 members (excludes halogenated alkanes) is 1. The van der Waals surface area contributed by atoms with Gasteiger partial charge in [0.2, 0.25) is 0 Å². The topological polar surface area (TPSA) is 111 Å². The van der Waals surface area contributed by atoms with Crippen LogP contribution in [0.4, 0.5) is 0 Å². The Morgan fingerprint density at radius 3 is 0.721 bits per heavy atom. The first-order valence-electron chi connectivity index (χ1n) is 16.2. The second-order valence-corrected chi connectivity index (χ2v) is 9.68. The number of hydrogen-bond donors (Lipinski definition) is 0. The van der Waals surface area contributed by atoms with Crippen molar-refractivity contribution >= 4 is 0 Å². The fraction of sp³-hybridized carbons (Fsp3) is 1.00. The van der Waals surface area contributed by atoms with Crippen LogP contribution in [0.3, 0.4) is 0 Å². The number of rotatable bonds is 39. The molecule has 0 fully saturated rings. The highest BCUT2D eigenvalue weighted by Crippen LogP contribution is 2.00. The molecule has 0 aliphatic rings. The van der Waals surface area contributed by atoms with E-state index in [4.69, 9.17) is 56.8 Å². The van der Waals surface area contributed by atoms with Gasteiger partial charge in [-0.05, 0) is 12.3 Å². The van der Waals surface area contributed by atoms with Gasteiger partial charge in [0.25, 0.3) is 0 Å². The number of ether oxygens (including phenoxy) is 12. The first-order valence-corrected chi connectivity index (χ1v) is 16.2. The van der Waals surface area contributed by atoms with E-state index < -0.39 is 0 Å². The minimum Gasteiger partial charge on any atom is -0.379 e. The largest absolute Gasteiger partial charge is 0.379 e.